The standard InChI is InChI=1S/C29H27N5O3/c1-19-16-21-10-7-8-15-25(21)33(19)18-26(35)30-23-12-9-11-22(17-23)28(36)31-27-20(2)32(3)34(29(27)37)24-13-5-4-6-14-24/h4-17H,18H2,1-3H3,(H,30,35)(H,31,36). The molecule has 2 heterocycles. The number of aromatic nitrogens is 3. The molecule has 0 aliphatic carbocycles. The van der Waals surface area contributed by atoms with Gasteiger partial charge in [-0.25, -0.2) is 4.68 Å². The van der Waals surface area contributed by atoms with Gasteiger partial charge in [0, 0.05) is 29.5 Å². The molecule has 0 atom stereocenters. The number of nitrogens with one attached hydrogen (secondary N) is 2. The van der Waals surface area contributed by atoms with Gasteiger partial charge in [0.25, 0.3) is 11.5 Å². The van der Waals surface area contributed by atoms with Gasteiger partial charge in [0.2, 0.25) is 5.91 Å². The summed E-state index contributed by atoms with van der Waals surface area (Å²) in [7, 11) is 1.77. The number of rotatable bonds is 6. The van der Waals surface area contributed by atoms with E-state index < -0.39 is 5.91 Å². The fourth-order valence-electron chi connectivity index (χ4n) is 4.54. The van der Waals surface area contributed by atoms with Gasteiger partial charge in [0.05, 0.1) is 11.4 Å². The first-order chi connectivity index (χ1) is 17.8. The third-order valence-electron chi connectivity index (χ3n) is 6.52. The topological polar surface area (TPSA) is 90.1 Å². The lowest BCUT2D eigenvalue weighted by atomic mass is 10.2. The summed E-state index contributed by atoms with van der Waals surface area (Å²) in [5.74, 6) is -0.638. The lowest BCUT2D eigenvalue weighted by Crippen LogP contribution is -2.23. The molecule has 8 nitrogen and oxygen atoms in total. The molecule has 5 rings (SSSR count). The van der Waals surface area contributed by atoms with Crippen molar-refractivity contribution in [3.63, 3.8) is 0 Å². The number of hydrogen-bond donors (Lipinski definition) is 2. The molecule has 37 heavy (non-hydrogen) atoms. The number of fused-ring (bicyclic) bond motifs is 1. The average Bonchev–Trinajstić information content (AvgIpc) is 3.32. The highest BCUT2D eigenvalue weighted by Gasteiger charge is 2.19. The highest BCUT2D eigenvalue weighted by Crippen LogP contribution is 2.20. The van der Waals surface area contributed by atoms with E-state index in [4.69, 9.17) is 0 Å². The van der Waals surface area contributed by atoms with Crippen molar-refractivity contribution < 1.29 is 9.59 Å². The van der Waals surface area contributed by atoms with Gasteiger partial charge in [0.1, 0.15) is 12.2 Å². The zero-order chi connectivity index (χ0) is 26.1. The van der Waals surface area contributed by atoms with Gasteiger partial charge in [-0.15, -0.1) is 0 Å². The Labute approximate surface area is 213 Å². The molecule has 2 N–H and O–H groups in total. The van der Waals surface area contributed by atoms with Crippen molar-refractivity contribution >= 4 is 34.1 Å². The van der Waals surface area contributed by atoms with Crippen molar-refractivity contribution in [2.75, 3.05) is 10.6 Å². The van der Waals surface area contributed by atoms with E-state index in [9.17, 15) is 14.4 Å². The Hall–Kier alpha value is -4.85. The fraction of sp³-hybridized carbons (Fsp3) is 0.138. The summed E-state index contributed by atoms with van der Waals surface area (Å²) in [5.41, 5.74) is 4.02. The summed E-state index contributed by atoms with van der Waals surface area (Å²) in [5, 5.41) is 6.72. The number of amides is 2. The van der Waals surface area contributed by atoms with E-state index in [2.05, 4.69) is 10.6 Å². The van der Waals surface area contributed by atoms with Gasteiger partial charge in [-0.2, -0.15) is 0 Å². The number of hydrogen-bond acceptors (Lipinski definition) is 3. The Bertz CT molecular complexity index is 1690. The number of aryl methyl sites for hydroxylation is 1. The van der Waals surface area contributed by atoms with Crippen molar-refractivity contribution in [2.45, 2.75) is 20.4 Å². The summed E-state index contributed by atoms with van der Waals surface area (Å²) < 4.78 is 5.17. The minimum absolute atomic E-state index is 0.151. The summed E-state index contributed by atoms with van der Waals surface area (Å²) in [6, 6.07) is 25.9. The first-order valence-corrected chi connectivity index (χ1v) is 11.9. The Kier molecular flexibility index (Phi) is 6.23. The van der Waals surface area contributed by atoms with Crippen molar-refractivity contribution in [3.05, 3.63) is 112 Å². The molecule has 0 spiro atoms. The number of anilines is 2. The van der Waals surface area contributed by atoms with Gasteiger partial charge in [0.15, 0.2) is 0 Å². The highest BCUT2D eigenvalue weighted by atomic mass is 16.2. The minimum Gasteiger partial charge on any atom is -0.335 e. The molecule has 0 aliphatic heterocycles. The summed E-state index contributed by atoms with van der Waals surface area (Å²) in [6.45, 7) is 3.90. The van der Waals surface area contributed by atoms with E-state index in [1.165, 1.54) is 4.68 Å². The van der Waals surface area contributed by atoms with Crippen molar-refractivity contribution in [2.24, 2.45) is 7.05 Å². The van der Waals surface area contributed by atoms with Crippen LogP contribution >= 0.6 is 0 Å². The normalized spacial score (nSPS) is 11.0. The van der Waals surface area contributed by atoms with Crippen LogP contribution in [0.15, 0.2) is 89.7 Å². The Morgan fingerprint density at radius 2 is 1.57 bits per heavy atom. The van der Waals surface area contributed by atoms with E-state index in [-0.39, 0.29) is 23.7 Å². The first-order valence-electron chi connectivity index (χ1n) is 11.9. The lowest BCUT2D eigenvalue weighted by Gasteiger charge is -2.10. The van der Waals surface area contributed by atoms with Crippen LogP contribution in [0.1, 0.15) is 21.7 Å². The average molecular weight is 494 g/mol. The molecule has 0 saturated heterocycles. The molecule has 186 valence electrons. The molecule has 0 bridgehead atoms. The maximum atomic E-state index is 13.1. The van der Waals surface area contributed by atoms with Crippen molar-refractivity contribution in [1.82, 2.24) is 13.9 Å². The van der Waals surface area contributed by atoms with Gasteiger partial charge in [-0.1, -0.05) is 42.5 Å². The van der Waals surface area contributed by atoms with Crippen LogP contribution in [0.4, 0.5) is 11.4 Å². The third kappa shape index (κ3) is 4.56. The zero-order valence-corrected chi connectivity index (χ0v) is 20.9. The second kappa shape index (κ2) is 9.66. The SMILES string of the molecule is Cc1cc2ccccc2n1CC(=O)Nc1cccc(C(=O)Nc2c(C)n(C)n(-c3ccccc3)c2=O)c1. The minimum atomic E-state index is -0.436. The number of benzene rings is 3. The molecule has 3 aromatic carbocycles. The third-order valence-corrected chi connectivity index (χ3v) is 6.52. The van der Waals surface area contributed by atoms with E-state index in [1.807, 2.05) is 72.2 Å². The van der Waals surface area contributed by atoms with Gasteiger partial charge >= 0.3 is 0 Å². The molecule has 0 aliphatic rings. The molecule has 2 amide bonds. The van der Waals surface area contributed by atoms with Crippen LogP contribution in [-0.4, -0.2) is 25.7 Å². The molecular formula is C29H27N5O3. The molecule has 0 unspecified atom stereocenters. The predicted molar refractivity (Wildman–Crippen MR) is 145 cm³/mol. The van der Waals surface area contributed by atoms with Crippen molar-refractivity contribution in [3.8, 4) is 5.69 Å². The highest BCUT2D eigenvalue weighted by molar-refractivity contribution is 6.05. The van der Waals surface area contributed by atoms with Crippen molar-refractivity contribution in [1.29, 1.82) is 0 Å². The molecule has 5 aromatic rings. The zero-order valence-electron chi connectivity index (χ0n) is 20.9. The fourth-order valence-corrected chi connectivity index (χ4v) is 4.54. The number of para-hydroxylation sites is 2. The number of nitrogens with zero attached hydrogens (tertiary/aromatic N) is 3. The first kappa shape index (κ1) is 23.9. The molecule has 8 heteroatoms. The van der Waals surface area contributed by atoms with Crippen LogP contribution in [0, 0.1) is 13.8 Å². The van der Waals surface area contributed by atoms with Gasteiger partial charge in [-0.3, -0.25) is 19.1 Å². The molecule has 0 fully saturated rings. The molecular weight excluding hydrogens is 466 g/mol. The van der Waals surface area contributed by atoms with E-state index >= 15 is 0 Å². The maximum Gasteiger partial charge on any atom is 0.295 e. The molecule has 0 saturated carbocycles. The van der Waals surface area contributed by atoms with E-state index in [0.29, 0.717) is 22.6 Å². The monoisotopic (exact) mass is 493 g/mol. The summed E-state index contributed by atoms with van der Waals surface area (Å²) in [6.07, 6.45) is 0. The van der Waals surface area contributed by atoms with Crippen LogP contribution < -0.4 is 16.2 Å². The lowest BCUT2D eigenvalue weighted by molar-refractivity contribution is -0.116. The Morgan fingerprint density at radius 3 is 2.35 bits per heavy atom. The Balaban J connectivity index is 1.33. The number of carbonyl (C=O) groups excluding carboxylic acids is 2. The molecule has 2 aromatic heterocycles. The van der Waals surface area contributed by atoms with Crippen LogP contribution in [0.2, 0.25) is 0 Å². The van der Waals surface area contributed by atoms with E-state index in [0.717, 1.165) is 16.6 Å². The quantitative estimate of drug-likeness (QED) is 0.361. The van der Waals surface area contributed by atoms with Crippen LogP contribution in [0.3, 0.4) is 0 Å². The van der Waals surface area contributed by atoms with Gasteiger partial charge in [-0.05, 0) is 61.7 Å². The second-order valence-electron chi connectivity index (χ2n) is 8.95. The van der Waals surface area contributed by atoms with Crippen LogP contribution in [0.25, 0.3) is 16.6 Å². The van der Waals surface area contributed by atoms with Crippen LogP contribution in [0.5, 0.6) is 0 Å². The molecule has 0 radical (unpaired) electrons. The summed E-state index contributed by atoms with van der Waals surface area (Å²) in [4.78, 5) is 39.0. The van der Waals surface area contributed by atoms with Gasteiger partial charge < -0.3 is 15.2 Å². The van der Waals surface area contributed by atoms with Crippen LogP contribution in [-0.2, 0) is 18.4 Å². The predicted octanol–water partition coefficient (Wildman–Crippen LogP) is 4.64. The number of carbonyl (C=O) groups is 2. The second-order valence-corrected chi connectivity index (χ2v) is 8.95. The largest absolute Gasteiger partial charge is 0.335 e. The maximum absolute atomic E-state index is 13.1. The summed E-state index contributed by atoms with van der Waals surface area (Å²) >= 11 is 0. The Morgan fingerprint density at radius 1 is 0.838 bits per heavy atom. The van der Waals surface area contributed by atoms with E-state index in [1.54, 1.807) is 42.9 Å². The smallest absolute Gasteiger partial charge is 0.295 e.